The van der Waals surface area contributed by atoms with Gasteiger partial charge in [-0.1, -0.05) is 12.1 Å². The Morgan fingerprint density at radius 3 is 2.44 bits per heavy atom. The number of nitrogens with one attached hydrogen (secondary N) is 1. The molecule has 1 aromatic rings. The molecule has 1 N–H and O–H groups in total. The van der Waals surface area contributed by atoms with Crippen LogP contribution in [0.1, 0.15) is 38.1 Å². The maximum atomic E-state index is 13.7. The van der Waals surface area contributed by atoms with E-state index in [-0.39, 0.29) is 17.9 Å². The number of aryl methyl sites for hydroxylation is 1. The van der Waals surface area contributed by atoms with E-state index in [9.17, 15) is 8.78 Å². The van der Waals surface area contributed by atoms with Crippen molar-refractivity contribution in [2.24, 2.45) is 0 Å². The van der Waals surface area contributed by atoms with Crippen LogP contribution in [-0.2, 0) is 0 Å². The van der Waals surface area contributed by atoms with E-state index in [2.05, 4.69) is 5.32 Å². The van der Waals surface area contributed by atoms with Crippen LogP contribution in [0.3, 0.4) is 0 Å². The van der Waals surface area contributed by atoms with Crippen molar-refractivity contribution in [2.45, 2.75) is 39.4 Å². The minimum absolute atomic E-state index is 0.131. The quantitative estimate of drug-likeness (QED) is 0.833. The first-order valence-corrected chi connectivity index (χ1v) is 5.45. The van der Waals surface area contributed by atoms with Crippen LogP contribution in [-0.4, -0.2) is 12.1 Å². The summed E-state index contributed by atoms with van der Waals surface area (Å²) in [6.07, 6.45) is -1.17. The summed E-state index contributed by atoms with van der Waals surface area (Å²) in [5.74, 6) is -0.351. The average molecular weight is 227 g/mol. The highest BCUT2D eigenvalue weighted by atomic mass is 19.1. The fourth-order valence-electron chi connectivity index (χ4n) is 1.32. The number of benzene rings is 1. The Bertz CT molecular complexity index is 355. The van der Waals surface area contributed by atoms with E-state index < -0.39 is 6.17 Å². The molecule has 1 rings (SSSR count). The Balaban J connectivity index is 2.66. The van der Waals surface area contributed by atoms with Gasteiger partial charge in [-0.2, -0.15) is 0 Å². The number of halogens is 2. The summed E-state index contributed by atoms with van der Waals surface area (Å²) in [5.41, 5.74) is 0.799. The standard InChI is InChI=1S/C13H19F2N/c1-9-5-6-10(7-11(9)14)12(15)8-16-13(2,3)4/h5-7,12,16H,8H2,1-4H3. The van der Waals surface area contributed by atoms with E-state index in [1.165, 1.54) is 6.07 Å². The highest BCUT2D eigenvalue weighted by molar-refractivity contribution is 5.25. The predicted molar refractivity (Wildman–Crippen MR) is 62.7 cm³/mol. The van der Waals surface area contributed by atoms with Crippen molar-refractivity contribution in [3.63, 3.8) is 0 Å². The summed E-state index contributed by atoms with van der Waals surface area (Å²) in [7, 11) is 0. The second-order valence-electron chi connectivity index (χ2n) is 5.11. The van der Waals surface area contributed by atoms with E-state index in [4.69, 9.17) is 0 Å². The first kappa shape index (κ1) is 13.1. The predicted octanol–water partition coefficient (Wildman–Crippen LogP) is 3.53. The molecule has 3 heteroatoms. The maximum absolute atomic E-state index is 13.7. The molecule has 0 fully saturated rings. The molecule has 0 bridgehead atoms. The van der Waals surface area contributed by atoms with Crippen LogP contribution >= 0.6 is 0 Å². The largest absolute Gasteiger partial charge is 0.309 e. The van der Waals surface area contributed by atoms with Gasteiger partial charge in [-0.3, -0.25) is 0 Å². The van der Waals surface area contributed by atoms with E-state index >= 15 is 0 Å². The number of hydrogen-bond acceptors (Lipinski definition) is 1. The van der Waals surface area contributed by atoms with Crippen molar-refractivity contribution in [1.29, 1.82) is 0 Å². The van der Waals surface area contributed by atoms with E-state index in [1.54, 1.807) is 19.1 Å². The number of hydrogen-bond donors (Lipinski definition) is 1. The molecule has 90 valence electrons. The topological polar surface area (TPSA) is 12.0 Å². The summed E-state index contributed by atoms with van der Waals surface area (Å²) in [6, 6.07) is 4.51. The molecule has 1 atom stereocenters. The summed E-state index contributed by atoms with van der Waals surface area (Å²) in [6.45, 7) is 7.77. The minimum Gasteiger partial charge on any atom is -0.309 e. The van der Waals surface area contributed by atoms with Gasteiger partial charge >= 0.3 is 0 Å². The summed E-state index contributed by atoms with van der Waals surface area (Å²) < 4.78 is 27.0. The van der Waals surface area contributed by atoms with Gasteiger partial charge in [0, 0.05) is 12.1 Å². The van der Waals surface area contributed by atoms with Gasteiger partial charge in [-0.25, -0.2) is 8.78 Å². The van der Waals surface area contributed by atoms with Crippen LogP contribution in [0.15, 0.2) is 18.2 Å². The van der Waals surface area contributed by atoms with E-state index in [1.807, 2.05) is 20.8 Å². The zero-order chi connectivity index (χ0) is 12.3. The number of alkyl halides is 1. The fourth-order valence-corrected chi connectivity index (χ4v) is 1.32. The van der Waals surface area contributed by atoms with Crippen LogP contribution in [0.5, 0.6) is 0 Å². The monoisotopic (exact) mass is 227 g/mol. The van der Waals surface area contributed by atoms with E-state index in [0.29, 0.717) is 11.1 Å². The molecule has 16 heavy (non-hydrogen) atoms. The molecule has 0 aliphatic heterocycles. The zero-order valence-corrected chi connectivity index (χ0v) is 10.3. The van der Waals surface area contributed by atoms with Crippen LogP contribution < -0.4 is 5.32 Å². The van der Waals surface area contributed by atoms with Crippen LogP contribution in [0.2, 0.25) is 0 Å². The molecule has 0 saturated carbocycles. The Morgan fingerprint density at radius 1 is 1.31 bits per heavy atom. The van der Waals surface area contributed by atoms with Crippen LogP contribution in [0.4, 0.5) is 8.78 Å². The minimum atomic E-state index is -1.17. The Kier molecular flexibility index (Phi) is 4.03. The third kappa shape index (κ3) is 3.89. The van der Waals surface area contributed by atoms with Crippen LogP contribution in [0, 0.1) is 12.7 Å². The Labute approximate surface area is 95.9 Å². The molecule has 0 radical (unpaired) electrons. The summed E-state index contributed by atoms with van der Waals surface area (Å²) in [4.78, 5) is 0. The molecule has 1 aromatic carbocycles. The Morgan fingerprint density at radius 2 is 1.94 bits per heavy atom. The molecule has 1 unspecified atom stereocenters. The molecular weight excluding hydrogens is 208 g/mol. The average Bonchev–Trinajstić information content (AvgIpc) is 2.17. The molecule has 0 aromatic heterocycles. The van der Waals surface area contributed by atoms with Crippen molar-refractivity contribution in [2.75, 3.05) is 6.54 Å². The number of rotatable bonds is 3. The normalized spacial score (nSPS) is 13.9. The second-order valence-corrected chi connectivity index (χ2v) is 5.11. The van der Waals surface area contributed by atoms with Crippen molar-refractivity contribution >= 4 is 0 Å². The molecule has 0 heterocycles. The van der Waals surface area contributed by atoms with Gasteiger partial charge in [0.15, 0.2) is 0 Å². The first-order valence-electron chi connectivity index (χ1n) is 5.45. The SMILES string of the molecule is Cc1ccc(C(F)CNC(C)(C)C)cc1F. The van der Waals surface area contributed by atoms with Crippen molar-refractivity contribution in [3.05, 3.63) is 35.1 Å². The highest BCUT2D eigenvalue weighted by Gasteiger charge is 2.15. The lowest BCUT2D eigenvalue weighted by Gasteiger charge is -2.22. The van der Waals surface area contributed by atoms with Crippen molar-refractivity contribution in [3.8, 4) is 0 Å². The lowest BCUT2D eigenvalue weighted by Crippen LogP contribution is -2.37. The lowest BCUT2D eigenvalue weighted by molar-refractivity contribution is 0.291. The van der Waals surface area contributed by atoms with Gasteiger partial charge in [-0.15, -0.1) is 0 Å². The summed E-state index contributed by atoms with van der Waals surface area (Å²) >= 11 is 0. The molecular formula is C13H19F2N. The third-order valence-corrected chi connectivity index (χ3v) is 2.37. The lowest BCUT2D eigenvalue weighted by atomic mass is 10.1. The first-order chi connectivity index (χ1) is 7.29. The fraction of sp³-hybridized carbons (Fsp3) is 0.538. The van der Waals surface area contributed by atoms with Crippen molar-refractivity contribution in [1.82, 2.24) is 5.32 Å². The highest BCUT2D eigenvalue weighted by Crippen LogP contribution is 2.20. The zero-order valence-electron chi connectivity index (χ0n) is 10.3. The van der Waals surface area contributed by atoms with Crippen molar-refractivity contribution < 1.29 is 8.78 Å². The molecule has 0 amide bonds. The molecule has 0 aliphatic rings. The molecule has 1 nitrogen and oxygen atoms in total. The van der Waals surface area contributed by atoms with Gasteiger partial charge in [0.05, 0.1) is 0 Å². The third-order valence-electron chi connectivity index (χ3n) is 2.37. The van der Waals surface area contributed by atoms with Gasteiger partial charge in [0.25, 0.3) is 0 Å². The van der Waals surface area contributed by atoms with E-state index in [0.717, 1.165) is 0 Å². The summed E-state index contributed by atoms with van der Waals surface area (Å²) in [5, 5.41) is 3.06. The molecule has 0 saturated heterocycles. The van der Waals surface area contributed by atoms with Gasteiger partial charge in [0.1, 0.15) is 12.0 Å². The molecule has 0 aliphatic carbocycles. The smallest absolute Gasteiger partial charge is 0.138 e. The molecule has 0 spiro atoms. The van der Waals surface area contributed by atoms with Gasteiger partial charge < -0.3 is 5.32 Å². The Hall–Kier alpha value is -0.960. The maximum Gasteiger partial charge on any atom is 0.138 e. The van der Waals surface area contributed by atoms with Gasteiger partial charge in [0.2, 0.25) is 0 Å². The second kappa shape index (κ2) is 4.91. The van der Waals surface area contributed by atoms with Crippen LogP contribution in [0.25, 0.3) is 0 Å². The van der Waals surface area contributed by atoms with Gasteiger partial charge in [-0.05, 0) is 44.9 Å².